The van der Waals surface area contributed by atoms with Crippen molar-refractivity contribution in [2.24, 2.45) is 0 Å². The Morgan fingerprint density at radius 2 is 1.95 bits per heavy atom. The van der Waals surface area contributed by atoms with Crippen LogP contribution in [0.4, 0.5) is 11.4 Å². The molecule has 0 spiro atoms. The van der Waals surface area contributed by atoms with Gasteiger partial charge in [0.25, 0.3) is 5.91 Å². The molecule has 2 aromatic rings. The number of hydrogen-bond donors (Lipinski definition) is 2. The lowest BCUT2D eigenvalue weighted by molar-refractivity contribution is -0.136. The number of carbonyl (C=O) groups is 2. The SMILES string of the molecule is Nc1ccccc1N(CCC(=O)O)C(=O)c1cccnc1. The van der Waals surface area contributed by atoms with E-state index in [-0.39, 0.29) is 18.9 Å². The van der Waals surface area contributed by atoms with Crippen LogP contribution in [0.2, 0.25) is 0 Å². The highest BCUT2D eigenvalue weighted by molar-refractivity contribution is 6.07. The Morgan fingerprint density at radius 1 is 1.19 bits per heavy atom. The molecule has 0 bridgehead atoms. The van der Waals surface area contributed by atoms with Crippen molar-refractivity contribution >= 4 is 23.3 Å². The largest absolute Gasteiger partial charge is 0.481 e. The van der Waals surface area contributed by atoms with Crippen molar-refractivity contribution in [1.82, 2.24) is 4.98 Å². The van der Waals surface area contributed by atoms with Crippen molar-refractivity contribution in [1.29, 1.82) is 0 Å². The predicted molar refractivity (Wildman–Crippen MR) is 79.0 cm³/mol. The number of pyridine rings is 1. The average molecular weight is 285 g/mol. The number of hydrogen-bond acceptors (Lipinski definition) is 4. The summed E-state index contributed by atoms with van der Waals surface area (Å²) in [4.78, 5) is 28.6. The van der Waals surface area contributed by atoms with E-state index in [1.807, 2.05) is 0 Å². The molecule has 0 fully saturated rings. The summed E-state index contributed by atoms with van der Waals surface area (Å²) in [7, 11) is 0. The number of aliphatic carboxylic acids is 1. The summed E-state index contributed by atoms with van der Waals surface area (Å²) < 4.78 is 0. The van der Waals surface area contributed by atoms with Crippen molar-refractivity contribution in [2.75, 3.05) is 17.2 Å². The highest BCUT2D eigenvalue weighted by Gasteiger charge is 2.20. The minimum Gasteiger partial charge on any atom is -0.481 e. The Morgan fingerprint density at radius 3 is 2.57 bits per heavy atom. The Kier molecular flexibility index (Phi) is 4.50. The van der Waals surface area contributed by atoms with Crippen molar-refractivity contribution in [3.8, 4) is 0 Å². The van der Waals surface area contributed by atoms with E-state index in [1.165, 1.54) is 11.1 Å². The standard InChI is InChI=1S/C15H15N3O3/c16-12-5-1-2-6-13(12)18(9-7-14(19)20)15(21)11-4-3-8-17-10-11/h1-6,8,10H,7,9,16H2,(H,19,20). The molecule has 0 aliphatic carbocycles. The lowest BCUT2D eigenvalue weighted by Crippen LogP contribution is -2.33. The van der Waals surface area contributed by atoms with E-state index < -0.39 is 5.97 Å². The molecule has 2 rings (SSSR count). The van der Waals surface area contributed by atoms with E-state index in [0.717, 1.165) is 0 Å². The summed E-state index contributed by atoms with van der Waals surface area (Å²) in [6.45, 7) is 0.0390. The second kappa shape index (κ2) is 6.51. The fraction of sp³-hybridized carbons (Fsp3) is 0.133. The Balaban J connectivity index is 2.34. The highest BCUT2D eigenvalue weighted by atomic mass is 16.4. The van der Waals surface area contributed by atoms with Gasteiger partial charge in [0.05, 0.1) is 23.4 Å². The maximum Gasteiger partial charge on any atom is 0.305 e. The maximum absolute atomic E-state index is 12.5. The van der Waals surface area contributed by atoms with E-state index in [0.29, 0.717) is 16.9 Å². The number of para-hydroxylation sites is 2. The minimum absolute atomic E-state index is 0.0390. The molecule has 21 heavy (non-hydrogen) atoms. The van der Waals surface area contributed by atoms with Crippen LogP contribution < -0.4 is 10.6 Å². The highest BCUT2D eigenvalue weighted by Crippen LogP contribution is 2.24. The van der Waals surface area contributed by atoms with E-state index in [9.17, 15) is 9.59 Å². The zero-order valence-corrected chi connectivity index (χ0v) is 11.3. The van der Waals surface area contributed by atoms with Crippen molar-refractivity contribution < 1.29 is 14.7 Å². The number of nitrogens with zero attached hydrogens (tertiary/aromatic N) is 2. The fourth-order valence-electron chi connectivity index (χ4n) is 1.92. The van der Waals surface area contributed by atoms with Gasteiger partial charge < -0.3 is 15.7 Å². The lowest BCUT2D eigenvalue weighted by atomic mass is 10.2. The molecule has 6 nitrogen and oxygen atoms in total. The molecule has 1 aromatic carbocycles. The number of carboxylic acids is 1. The number of amides is 1. The van der Waals surface area contributed by atoms with E-state index >= 15 is 0 Å². The zero-order valence-electron chi connectivity index (χ0n) is 11.3. The van der Waals surface area contributed by atoms with Gasteiger partial charge in [-0.15, -0.1) is 0 Å². The molecule has 1 amide bonds. The molecule has 0 aliphatic heterocycles. The third-order valence-electron chi connectivity index (χ3n) is 2.93. The second-order valence-corrected chi connectivity index (χ2v) is 4.40. The van der Waals surface area contributed by atoms with Crippen LogP contribution in [-0.2, 0) is 4.79 Å². The summed E-state index contributed by atoms with van der Waals surface area (Å²) in [6.07, 6.45) is 2.84. The molecular formula is C15H15N3O3. The molecule has 1 heterocycles. The molecule has 0 aliphatic rings. The minimum atomic E-state index is -0.978. The van der Waals surface area contributed by atoms with E-state index in [4.69, 9.17) is 10.8 Å². The number of carboxylic acid groups (broad SMARTS) is 1. The van der Waals surface area contributed by atoms with Gasteiger partial charge in [-0.1, -0.05) is 12.1 Å². The van der Waals surface area contributed by atoms with Gasteiger partial charge in [0.1, 0.15) is 0 Å². The summed E-state index contributed by atoms with van der Waals surface area (Å²) in [6, 6.07) is 10.1. The first kappa shape index (κ1) is 14.5. The molecule has 0 atom stereocenters. The molecule has 0 saturated carbocycles. The molecule has 0 saturated heterocycles. The van der Waals surface area contributed by atoms with Crippen LogP contribution >= 0.6 is 0 Å². The van der Waals surface area contributed by atoms with Crippen LogP contribution in [-0.4, -0.2) is 28.5 Å². The molecule has 1 aromatic heterocycles. The number of benzene rings is 1. The molecule has 108 valence electrons. The number of aromatic nitrogens is 1. The average Bonchev–Trinajstić information content (AvgIpc) is 2.49. The number of rotatable bonds is 5. The Labute approximate surface area is 121 Å². The van der Waals surface area contributed by atoms with Gasteiger partial charge in [-0.25, -0.2) is 0 Å². The summed E-state index contributed by atoms with van der Waals surface area (Å²) in [5, 5.41) is 8.85. The number of anilines is 2. The van der Waals surface area contributed by atoms with Gasteiger partial charge >= 0.3 is 5.97 Å². The number of nitrogen functional groups attached to an aromatic ring is 1. The van der Waals surface area contributed by atoms with Crippen molar-refractivity contribution in [3.05, 3.63) is 54.4 Å². The van der Waals surface area contributed by atoms with Crippen LogP contribution in [0.5, 0.6) is 0 Å². The first-order chi connectivity index (χ1) is 10.1. The monoisotopic (exact) mass is 285 g/mol. The third kappa shape index (κ3) is 3.56. The third-order valence-corrected chi connectivity index (χ3v) is 2.93. The van der Waals surface area contributed by atoms with E-state index in [1.54, 1.807) is 42.6 Å². The molecule has 0 unspecified atom stereocenters. The van der Waals surface area contributed by atoms with Crippen LogP contribution in [0.15, 0.2) is 48.8 Å². The van der Waals surface area contributed by atoms with Gasteiger partial charge in [-0.2, -0.15) is 0 Å². The topological polar surface area (TPSA) is 96.5 Å². The first-order valence-corrected chi connectivity index (χ1v) is 6.38. The normalized spacial score (nSPS) is 10.1. The molecule has 6 heteroatoms. The lowest BCUT2D eigenvalue weighted by Gasteiger charge is -2.23. The van der Waals surface area contributed by atoms with Gasteiger partial charge in [0.2, 0.25) is 0 Å². The first-order valence-electron chi connectivity index (χ1n) is 6.38. The van der Waals surface area contributed by atoms with Crippen LogP contribution in [0.25, 0.3) is 0 Å². The van der Waals surface area contributed by atoms with Gasteiger partial charge in [-0.3, -0.25) is 14.6 Å². The maximum atomic E-state index is 12.5. The second-order valence-electron chi connectivity index (χ2n) is 4.40. The van der Waals surface area contributed by atoms with Crippen molar-refractivity contribution in [3.63, 3.8) is 0 Å². The van der Waals surface area contributed by atoms with Gasteiger partial charge in [-0.05, 0) is 24.3 Å². The van der Waals surface area contributed by atoms with Crippen molar-refractivity contribution in [2.45, 2.75) is 6.42 Å². The van der Waals surface area contributed by atoms with Crippen LogP contribution in [0, 0.1) is 0 Å². The molecule has 0 radical (unpaired) electrons. The predicted octanol–water partition coefficient (Wildman–Crippen LogP) is 1.79. The van der Waals surface area contributed by atoms with Gasteiger partial charge in [0, 0.05) is 18.9 Å². The smallest absolute Gasteiger partial charge is 0.305 e. The summed E-state index contributed by atoms with van der Waals surface area (Å²) >= 11 is 0. The van der Waals surface area contributed by atoms with Crippen LogP contribution in [0.3, 0.4) is 0 Å². The molecular weight excluding hydrogens is 270 g/mol. The van der Waals surface area contributed by atoms with Crippen LogP contribution in [0.1, 0.15) is 16.8 Å². The zero-order chi connectivity index (χ0) is 15.2. The number of nitrogens with two attached hydrogens (primary N) is 1. The van der Waals surface area contributed by atoms with E-state index in [2.05, 4.69) is 4.98 Å². The summed E-state index contributed by atoms with van der Waals surface area (Å²) in [5.41, 5.74) is 7.18. The Bertz CT molecular complexity index is 644. The number of carbonyl (C=O) groups excluding carboxylic acids is 1. The fourth-order valence-corrected chi connectivity index (χ4v) is 1.92. The molecule has 3 N–H and O–H groups in total. The Hall–Kier alpha value is -2.89. The van der Waals surface area contributed by atoms with Gasteiger partial charge in [0.15, 0.2) is 0 Å². The quantitative estimate of drug-likeness (QED) is 0.816. The summed E-state index contributed by atoms with van der Waals surface area (Å²) in [5.74, 6) is -1.31.